The number of rotatable bonds is 7. The molecule has 2 aliphatic rings. The van der Waals surface area contributed by atoms with E-state index < -0.39 is 5.66 Å². The number of nitrogens with one attached hydrogen (secondary N) is 5. The fourth-order valence-corrected chi connectivity index (χ4v) is 3.61. The summed E-state index contributed by atoms with van der Waals surface area (Å²) in [7, 11) is 0. The van der Waals surface area contributed by atoms with Crippen LogP contribution in [0.2, 0.25) is 0 Å². The number of carbonyl (C=O) groups is 1. The second-order valence-electron chi connectivity index (χ2n) is 7.82. The molecule has 4 rings (SSSR count). The Morgan fingerprint density at radius 2 is 1.97 bits per heavy atom. The van der Waals surface area contributed by atoms with Crippen LogP contribution in [0.4, 0.5) is 5.69 Å². The topological polar surface area (TPSA) is 98.0 Å². The molecule has 1 aromatic carbocycles. The zero-order chi connectivity index (χ0) is 20.4. The van der Waals surface area contributed by atoms with E-state index in [2.05, 4.69) is 26.3 Å². The van der Waals surface area contributed by atoms with E-state index in [4.69, 9.17) is 0 Å². The highest BCUT2D eigenvalue weighted by atomic mass is 16.1. The molecular formula is C22H27N5O2. The lowest BCUT2D eigenvalue weighted by Crippen LogP contribution is -2.53. The number of fused-ring (bicyclic) bond motifs is 1. The van der Waals surface area contributed by atoms with Gasteiger partial charge < -0.3 is 26.3 Å². The zero-order valence-electron chi connectivity index (χ0n) is 16.8. The summed E-state index contributed by atoms with van der Waals surface area (Å²) in [5, 5.41) is 13.3. The van der Waals surface area contributed by atoms with Crippen molar-refractivity contribution in [2.75, 3.05) is 11.9 Å². The zero-order valence-corrected chi connectivity index (χ0v) is 16.8. The third-order valence-corrected chi connectivity index (χ3v) is 5.19. The number of anilines is 1. The van der Waals surface area contributed by atoms with Gasteiger partial charge in [-0.15, -0.1) is 0 Å². The van der Waals surface area contributed by atoms with Crippen LogP contribution in [0.1, 0.15) is 54.6 Å². The highest BCUT2D eigenvalue weighted by Gasteiger charge is 2.36. The van der Waals surface area contributed by atoms with Crippen molar-refractivity contribution in [1.29, 1.82) is 0 Å². The van der Waals surface area contributed by atoms with Crippen LogP contribution in [0.15, 0.2) is 47.1 Å². The van der Waals surface area contributed by atoms with Crippen molar-refractivity contribution in [1.82, 2.24) is 20.9 Å². The maximum atomic E-state index is 12.6. The van der Waals surface area contributed by atoms with Crippen LogP contribution in [0.3, 0.4) is 0 Å². The predicted octanol–water partition coefficient (Wildman–Crippen LogP) is 2.45. The maximum Gasteiger partial charge on any atom is 0.256 e. The SMILES string of the molecule is CCCNC(=O)c1ccc(NC2(C)NC(NC3CC3)=Cc3cc[nH]c(=O)c32)cc1. The van der Waals surface area contributed by atoms with E-state index in [-0.39, 0.29) is 11.5 Å². The molecule has 0 spiro atoms. The molecule has 0 bridgehead atoms. The molecule has 1 amide bonds. The number of pyridine rings is 1. The van der Waals surface area contributed by atoms with Crippen molar-refractivity contribution >= 4 is 17.7 Å². The van der Waals surface area contributed by atoms with Gasteiger partial charge in [0.15, 0.2) is 0 Å². The summed E-state index contributed by atoms with van der Waals surface area (Å²) in [6.45, 7) is 4.62. The third kappa shape index (κ3) is 4.13. The Hall–Kier alpha value is -3.22. The molecule has 2 aromatic rings. The second kappa shape index (κ2) is 7.66. The van der Waals surface area contributed by atoms with Gasteiger partial charge in [-0.1, -0.05) is 6.92 Å². The van der Waals surface area contributed by atoms with Gasteiger partial charge in [-0.25, -0.2) is 0 Å². The molecule has 5 N–H and O–H groups in total. The predicted molar refractivity (Wildman–Crippen MR) is 114 cm³/mol. The van der Waals surface area contributed by atoms with Crippen LogP contribution in [0.25, 0.3) is 6.08 Å². The Morgan fingerprint density at radius 1 is 1.21 bits per heavy atom. The fraction of sp³-hybridized carbons (Fsp3) is 0.364. The molecule has 7 heteroatoms. The molecule has 1 aliphatic heterocycles. The summed E-state index contributed by atoms with van der Waals surface area (Å²) < 4.78 is 0. The minimum absolute atomic E-state index is 0.0824. The first-order valence-electron chi connectivity index (χ1n) is 10.1. The van der Waals surface area contributed by atoms with Crippen LogP contribution in [-0.2, 0) is 5.66 Å². The minimum Gasteiger partial charge on any atom is -0.369 e. The number of hydrogen-bond acceptors (Lipinski definition) is 5. The summed E-state index contributed by atoms with van der Waals surface area (Å²) in [6.07, 6.45) is 6.86. The summed E-state index contributed by atoms with van der Waals surface area (Å²) in [4.78, 5) is 27.5. The van der Waals surface area contributed by atoms with E-state index in [1.165, 1.54) is 0 Å². The average molecular weight is 393 g/mol. The second-order valence-corrected chi connectivity index (χ2v) is 7.82. The Labute approximate surface area is 170 Å². The third-order valence-electron chi connectivity index (χ3n) is 5.19. The Kier molecular flexibility index (Phi) is 5.05. The Bertz CT molecular complexity index is 991. The molecule has 0 saturated heterocycles. The van der Waals surface area contributed by atoms with Crippen molar-refractivity contribution in [3.8, 4) is 0 Å². The van der Waals surface area contributed by atoms with Crippen LogP contribution < -0.4 is 26.8 Å². The minimum atomic E-state index is -0.803. The van der Waals surface area contributed by atoms with Crippen molar-refractivity contribution in [2.45, 2.75) is 44.8 Å². The molecule has 1 aromatic heterocycles. The maximum absolute atomic E-state index is 12.6. The number of hydrogen-bond donors (Lipinski definition) is 5. The highest BCUT2D eigenvalue weighted by molar-refractivity contribution is 5.94. The lowest BCUT2D eigenvalue weighted by molar-refractivity contribution is 0.0953. The standard InChI is InChI=1S/C22H27N5O2/c1-3-11-23-20(28)14-4-6-17(7-5-14)26-22(2)19-15(10-12-24-21(19)29)13-18(27-22)25-16-8-9-16/h4-7,10,12-13,16,25-27H,3,8-9,11H2,1-2H3,(H,23,28)(H,24,29). The molecular weight excluding hydrogens is 366 g/mol. The van der Waals surface area contributed by atoms with Crippen LogP contribution in [0.5, 0.6) is 0 Å². The molecule has 1 fully saturated rings. The molecule has 1 saturated carbocycles. The Balaban J connectivity index is 1.59. The Morgan fingerprint density at radius 3 is 2.66 bits per heavy atom. The summed E-state index contributed by atoms with van der Waals surface area (Å²) in [5.41, 5.74) is 1.99. The molecule has 1 atom stereocenters. The van der Waals surface area contributed by atoms with Gasteiger partial charge in [-0.3, -0.25) is 9.59 Å². The molecule has 1 aliphatic carbocycles. The smallest absolute Gasteiger partial charge is 0.256 e. The number of aromatic amines is 1. The van der Waals surface area contributed by atoms with Gasteiger partial charge in [0.25, 0.3) is 11.5 Å². The molecule has 0 radical (unpaired) electrons. The van der Waals surface area contributed by atoms with Crippen LogP contribution >= 0.6 is 0 Å². The number of carbonyl (C=O) groups excluding carboxylic acids is 1. The van der Waals surface area contributed by atoms with Crippen molar-refractivity contribution in [2.24, 2.45) is 0 Å². The molecule has 1 unspecified atom stereocenters. The quantitative estimate of drug-likeness (QED) is 0.498. The number of amides is 1. The lowest BCUT2D eigenvalue weighted by Gasteiger charge is -2.38. The van der Waals surface area contributed by atoms with E-state index in [1.54, 1.807) is 18.3 Å². The normalized spacial score (nSPS) is 20.1. The van der Waals surface area contributed by atoms with E-state index in [1.807, 2.05) is 38.1 Å². The summed E-state index contributed by atoms with van der Waals surface area (Å²) >= 11 is 0. The van der Waals surface area contributed by atoms with Gasteiger partial charge in [0, 0.05) is 30.0 Å². The van der Waals surface area contributed by atoms with Gasteiger partial charge in [-0.05, 0) is 68.2 Å². The molecule has 7 nitrogen and oxygen atoms in total. The van der Waals surface area contributed by atoms with E-state index in [0.29, 0.717) is 23.7 Å². The lowest BCUT2D eigenvalue weighted by atomic mass is 9.93. The van der Waals surface area contributed by atoms with Crippen LogP contribution in [-0.4, -0.2) is 23.5 Å². The first-order valence-corrected chi connectivity index (χ1v) is 10.1. The monoisotopic (exact) mass is 393 g/mol. The summed E-state index contributed by atoms with van der Waals surface area (Å²) in [5.74, 6) is 0.817. The molecule has 152 valence electrons. The number of H-pyrrole nitrogens is 1. The molecule has 2 heterocycles. The van der Waals surface area contributed by atoms with Crippen LogP contribution in [0, 0.1) is 0 Å². The average Bonchev–Trinajstić information content (AvgIpc) is 3.50. The fourth-order valence-electron chi connectivity index (χ4n) is 3.61. The first kappa shape index (κ1) is 19.1. The van der Waals surface area contributed by atoms with Gasteiger partial charge in [0.1, 0.15) is 11.5 Å². The van der Waals surface area contributed by atoms with Gasteiger partial charge in [-0.2, -0.15) is 0 Å². The van der Waals surface area contributed by atoms with E-state index in [9.17, 15) is 9.59 Å². The van der Waals surface area contributed by atoms with Crippen molar-refractivity contribution < 1.29 is 4.79 Å². The van der Waals surface area contributed by atoms with Gasteiger partial charge in [0.2, 0.25) is 0 Å². The highest BCUT2D eigenvalue weighted by Crippen LogP contribution is 2.31. The van der Waals surface area contributed by atoms with Gasteiger partial charge >= 0.3 is 0 Å². The first-order chi connectivity index (χ1) is 14.0. The van der Waals surface area contributed by atoms with E-state index >= 15 is 0 Å². The van der Waals surface area contributed by atoms with Crippen molar-refractivity contribution in [3.63, 3.8) is 0 Å². The molecule has 29 heavy (non-hydrogen) atoms. The van der Waals surface area contributed by atoms with Gasteiger partial charge in [0.05, 0.1) is 5.56 Å². The number of benzene rings is 1. The largest absolute Gasteiger partial charge is 0.369 e. The van der Waals surface area contributed by atoms with E-state index in [0.717, 1.165) is 36.3 Å². The summed E-state index contributed by atoms with van der Waals surface area (Å²) in [6, 6.07) is 9.69. The number of aromatic nitrogens is 1. The van der Waals surface area contributed by atoms with Crippen molar-refractivity contribution in [3.05, 3.63) is 69.4 Å².